The Balaban J connectivity index is 1.29. The van der Waals surface area contributed by atoms with Crippen molar-refractivity contribution in [3.05, 3.63) is 108 Å². The Morgan fingerprint density at radius 2 is 1.51 bits per heavy atom. The standard InChI is InChI=1S/C35H43N3O3/c1-37-26-30(31-20-12-13-21-33(31)37)24-29(35(40)41-3)19-11-6-14-22-36-32(23-27-15-7-4-8-16-27)34(39)38(2)25-28-17-9-5-10-18-28/h4-5,7-10,12-13,15-18,20-21,26,29,32,36H,6,11,14,19,22-25H2,1-3H3. The van der Waals surface area contributed by atoms with E-state index in [0.29, 0.717) is 19.4 Å². The second-order valence-corrected chi connectivity index (χ2v) is 10.9. The van der Waals surface area contributed by atoms with Gasteiger partial charge in [0.15, 0.2) is 0 Å². The average molecular weight is 554 g/mol. The van der Waals surface area contributed by atoms with Gasteiger partial charge >= 0.3 is 5.97 Å². The molecule has 3 aromatic carbocycles. The van der Waals surface area contributed by atoms with E-state index >= 15 is 0 Å². The number of carbonyl (C=O) groups excluding carboxylic acids is 2. The molecule has 2 atom stereocenters. The number of aryl methyl sites for hydroxylation is 1. The molecule has 4 rings (SSSR count). The highest BCUT2D eigenvalue weighted by Gasteiger charge is 2.23. The lowest BCUT2D eigenvalue weighted by Gasteiger charge is -2.25. The summed E-state index contributed by atoms with van der Waals surface area (Å²) >= 11 is 0. The van der Waals surface area contributed by atoms with Crippen LogP contribution in [0.4, 0.5) is 0 Å². The molecule has 4 aromatic rings. The number of likely N-dealkylation sites (N-methyl/N-ethyl adjacent to an activating group) is 1. The number of nitrogens with one attached hydrogen (secondary N) is 1. The number of aromatic nitrogens is 1. The van der Waals surface area contributed by atoms with Crippen LogP contribution >= 0.6 is 0 Å². The minimum absolute atomic E-state index is 0.0959. The van der Waals surface area contributed by atoms with E-state index in [1.807, 2.05) is 79.7 Å². The van der Waals surface area contributed by atoms with Gasteiger partial charge < -0.3 is 19.5 Å². The van der Waals surface area contributed by atoms with Crippen LogP contribution in [-0.2, 0) is 40.8 Å². The number of hydrogen-bond donors (Lipinski definition) is 1. The number of rotatable bonds is 15. The van der Waals surface area contributed by atoms with Crippen LogP contribution in [0.2, 0.25) is 0 Å². The molecule has 0 fully saturated rings. The van der Waals surface area contributed by atoms with E-state index in [0.717, 1.165) is 43.4 Å². The first-order valence-corrected chi connectivity index (χ1v) is 14.6. The van der Waals surface area contributed by atoms with Crippen LogP contribution in [0.5, 0.6) is 0 Å². The fraction of sp³-hybridized carbons (Fsp3) is 0.371. The van der Waals surface area contributed by atoms with Gasteiger partial charge in [0.2, 0.25) is 5.91 Å². The molecule has 41 heavy (non-hydrogen) atoms. The summed E-state index contributed by atoms with van der Waals surface area (Å²) in [7, 11) is 5.39. The average Bonchev–Trinajstić information content (AvgIpc) is 3.32. The molecule has 0 aliphatic rings. The fourth-order valence-corrected chi connectivity index (χ4v) is 5.59. The first-order chi connectivity index (χ1) is 20.0. The summed E-state index contributed by atoms with van der Waals surface area (Å²) in [6.45, 7) is 1.33. The highest BCUT2D eigenvalue weighted by atomic mass is 16.5. The van der Waals surface area contributed by atoms with Gasteiger partial charge in [0, 0.05) is 37.7 Å². The van der Waals surface area contributed by atoms with Crippen molar-refractivity contribution in [1.82, 2.24) is 14.8 Å². The maximum Gasteiger partial charge on any atom is 0.308 e. The number of amides is 1. The van der Waals surface area contributed by atoms with Gasteiger partial charge in [-0.05, 0) is 55.0 Å². The Kier molecular flexibility index (Phi) is 11.1. The van der Waals surface area contributed by atoms with Crippen LogP contribution in [0, 0.1) is 5.92 Å². The second-order valence-electron chi connectivity index (χ2n) is 10.9. The largest absolute Gasteiger partial charge is 0.469 e. The van der Waals surface area contributed by atoms with E-state index < -0.39 is 0 Å². The summed E-state index contributed by atoms with van der Waals surface area (Å²) in [4.78, 5) is 27.9. The normalized spacial score (nSPS) is 12.7. The second kappa shape index (κ2) is 15.2. The summed E-state index contributed by atoms with van der Waals surface area (Å²) in [6.07, 6.45) is 7.07. The number of esters is 1. The van der Waals surface area contributed by atoms with E-state index in [1.54, 1.807) is 0 Å². The summed E-state index contributed by atoms with van der Waals surface area (Å²) in [6, 6.07) is 28.3. The van der Waals surface area contributed by atoms with Crippen molar-refractivity contribution in [1.29, 1.82) is 0 Å². The lowest BCUT2D eigenvalue weighted by Crippen LogP contribution is -2.46. The van der Waals surface area contributed by atoms with Gasteiger partial charge in [-0.3, -0.25) is 9.59 Å². The molecule has 1 N–H and O–H groups in total. The molecule has 0 bridgehead atoms. The third kappa shape index (κ3) is 8.54. The first kappa shape index (κ1) is 30.1. The Bertz CT molecular complexity index is 1380. The number of nitrogens with zero attached hydrogens (tertiary/aromatic N) is 2. The van der Waals surface area contributed by atoms with Crippen molar-refractivity contribution in [2.24, 2.45) is 13.0 Å². The fourth-order valence-electron chi connectivity index (χ4n) is 5.59. The van der Waals surface area contributed by atoms with Crippen LogP contribution in [0.15, 0.2) is 91.1 Å². The van der Waals surface area contributed by atoms with Gasteiger partial charge in [0.1, 0.15) is 0 Å². The Morgan fingerprint density at radius 1 is 0.854 bits per heavy atom. The SMILES string of the molecule is COC(=O)C(CCCCCNC(Cc1ccccc1)C(=O)N(C)Cc1ccccc1)Cc1cn(C)c2ccccc12. The number of hydrogen-bond acceptors (Lipinski definition) is 4. The topological polar surface area (TPSA) is 63.6 Å². The van der Waals surface area contributed by atoms with Crippen LogP contribution in [0.1, 0.15) is 42.4 Å². The van der Waals surface area contributed by atoms with Crippen molar-refractivity contribution in [2.75, 3.05) is 20.7 Å². The van der Waals surface area contributed by atoms with E-state index in [9.17, 15) is 9.59 Å². The number of para-hydroxylation sites is 1. The molecule has 1 amide bonds. The summed E-state index contributed by atoms with van der Waals surface area (Å²) in [5, 5.41) is 4.73. The molecule has 0 spiro atoms. The highest BCUT2D eigenvalue weighted by molar-refractivity contribution is 5.85. The third-order valence-corrected chi connectivity index (χ3v) is 7.82. The quantitative estimate of drug-likeness (QED) is 0.146. The van der Waals surface area contributed by atoms with Gasteiger partial charge in [-0.2, -0.15) is 0 Å². The molecule has 2 unspecified atom stereocenters. The monoisotopic (exact) mass is 553 g/mol. The zero-order chi connectivity index (χ0) is 29.0. The molecule has 6 nitrogen and oxygen atoms in total. The zero-order valence-electron chi connectivity index (χ0n) is 24.6. The maximum absolute atomic E-state index is 13.4. The molecular formula is C35H43N3O3. The molecule has 0 aliphatic heterocycles. The molecule has 1 aromatic heterocycles. The lowest BCUT2D eigenvalue weighted by atomic mass is 9.93. The van der Waals surface area contributed by atoms with Crippen LogP contribution < -0.4 is 5.32 Å². The van der Waals surface area contributed by atoms with Crippen LogP contribution in [0.3, 0.4) is 0 Å². The predicted octanol–water partition coefficient (Wildman–Crippen LogP) is 5.93. The zero-order valence-corrected chi connectivity index (χ0v) is 24.6. The van der Waals surface area contributed by atoms with Crippen molar-refractivity contribution in [3.8, 4) is 0 Å². The van der Waals surface area contributed by atoms with Crippen molar-refractivity contribution >= 4 is 22.8 Å². The summed E-state index contributed by atoms with van der Waals surface area (Å²) < 4.78 is 7.28. The molecule has 0 saturated heterocycles. The van der Waals surface area contributed by atoms with Crippen molar-refractivity contribution < 1.29 is 14.3 Å². The first-order valence-electron chi connectivity index (χ1n) is 14.6. The Labute approximate surface area is 244 Å². The number of ether oxygens (including phenoxy) is 1. The number of unbranched alkanes of at least 4 members (excludes halogenated alkanes) is 2. The van der Waals surface area contributed by atoms with E-state index in [1.165, 1.54) is 23.6 Å². The molecular weight excluding hydrogens is 510 g/mol. The molecule has 216 valence electrons. The summed E-state index contributed by atoms with van der Waals surface area (Å²) in [5.74, 6) is -0.220. The van der Waals surface area contributed by atoms with E-state index in [2.05, 4.69) is 40.3 Å². The van der Waals surface area contributed by atoms with Crippen molar-refractivity contribution in [3.63, 3.8) is 0 Å². The van der Waals surface area contributed by atoms with Gasteiger partial charge in [0.05, 0.1) is 19.1 Å². The molecule has 1 heterocycles. The van der Waals surface area contributed by atoms with Gasteiger partial charge in [-0.15, -0.1) is 0 Å². The maximum atomic E-state index is 13.4. The van der Waals surface area contributed by atoms with Crippen LogP contribution in [-0.4, -0.2) is 48.1 Å². The molecule has 0 saturated carbocycles. The Morgan fingerprint density at radius 3 is 2.22 bits per heavy atom. The number of methoxy groups -OCH3 is 1. The van der Waals surface area contributed by atoms with Gasteiger partial charge in [-0.25, -0.2) is 0 Å². The Hall–Kier alpha value is -3.90. The minimum atomic E-state index is -0.291. The molecule has 0 radical (unpaired) electrons. The third-order valence-electron chi connectivity index (χ3n) is 7.82. The smallest absolute Gasteiger partial charge is 0.308 e. The predicted molar refractivity (Wildman–Crippen MR) is 165 cm³/mol. The van der Waals surface area contributed by atoms with Gasteiger partial charge in [0.25, 0.3) is 0 Å². The van der Waals surface area contributed by atoms with Crippen molar-refractivity contribution in [2.45, 2.75) is 51.1 Å². The van der Waals surface area contributed by atoms with E-state index in [-0.39, 0.29) is 23.8 Å². The number of benzene rings is 3. The summed E-state index contributed by atoms with van der Waals surface area (Å²) in [5.41, 5.74) is 4.61. The van der Waals surface area contributed by atoms with Gasteiger partial charge in [-0.1, -0.05) is 91.7 Å². The molecule has 6 heteroatoms. The van der Waals surface area contributed by atoms with Crippen LogP contribution in [0.25, 0.3) is 10.9 Å². The minimum Gasteiger partial charge on any atom is -0.469 e. The highest BCUT2D eigenvalue weighted by Crippen LogP contribution is 2.25. The molecule has 0 aliphatic carbocycles. The number of carbonyl (C=O) groups is 2. The van der Waals surface area contributed by atoms with E-state index in [4.69, 9.17) is 4.74 Å². The lowest BCUT2D eigenvalue weighted by molar-refractivity contribution is -0.145. The number of fused-ring (bicyclic) bond motifs is 1.